The van der Waals surface area contributed by atoms with Crippen molar-refractivity contribution in [2.45, 2.75) is 13.8 Å². The van der Waals surface area contributed by atoms with Crippen LogP contribution in [0.1, 0.15) is 18.1 Å². The highest BCUT2D eigenvalue weighted by Crippen LogP contribution is 2.37. The maximum Gasteiger partial charge on any atom is 0.266 e. The van der Waals surface area contributed by atoms with E-state index in [0.717, 1.165) is 5.56 Å². The van der Waals surface area contributed by atoms with E-state index in [9.17, 15) is 10.1 Å². The molecular formula is C22H18Cl2N2O3. The molecule has 1 amide bonds. The van der Waals surface area contributed by atoms with Crippen molar-refractivity contribution in [1.29, 1.82) is 5.26 Å². The van der Waals surface area contributed by atoms with Gasteiger partial charge in [0.25, 0.3) is 5.91 Å². The highest BCUT2D eigenvalue weighted by atomic mass is 35.5. The summed E-state index contributed by atoms with van der Waals surface area (Å²) in [5.41, 5.74) is 1.75. The number of carbonyl (C=O) groups is 1. The van der Waals surface area contributed by atoms with Crippen molar-refractivity contribution in [2.24, 2.45) is 0 Å². The van der Waals surface area contributed by atoms with Crippen LogP contribution >= 0.6 is 23.2 Å². The molecule has 0 radical (unpaired) electrons. The monoisotopic (exact) mass is 428 g/mol. The van der Waals surface area contributed by atoms with Crippen LogP contribution in [-0.4, -0.2) is 19.1 Å². The van der Waals surface area contributed by atoms with Crippen LogP contribution in [0, 0.1) is 30.6 Å². The summed E-state index contributed by atoms with van der Waals surface area (Å²) < 4.78 is 11.0. The van der Waals surface area contributed by atoms with E-state index >= 15 is 0 Å². The zero-order valence-corrected chi connectivity index (χ0v) is 17.4. The molecule has 2 rings (SSSR count). The molecule has 0 spiro atoms. The lowest BCUT2D eigenvalue weighted by molar-refractivity contribution is -0.112. The molecule has 1 N–H and O–H groups in total. The quantitative estimate of drug-likeness (QED) is 0.370. The highest BCUT2D eigenvalue weighted by Gasteiger charge is 2.15. The molecule has 0 unspecified atom stereocenters. The van der Waals surface area contributed by atoms with Crippen LogP contribution in [0.4, 0.5) is 5.69 Å². The maximum absolute atomic E-state index is 12.5. The summed E-state index contributed by atoms with van der Waals surface area (Å²) in [6.07, 6.45) is 6.63. The van der Waals surface area contributed by atoms with Gasteiger partial charge >= 0.3 is 0 Å². The van der Waals surface area contributed by atoms with Crippen LogP contribution in [-0.2, 0) is 4.79 Å². The fourth-order valence-electron chi connectivity index (χ4n) is 2.37. The molecule has 148 valence electrons. The van der Waals surface area contributed by atoms with E-state index in [2.05, 4.69) is 11.2 Å². The minimum absolute atomic E-state index is 0.0277. The number of rotatable bonds is 7. The molecule has 0 saturated heterocycles. The van der Waals surface area contributed by atoms with Crippen molar-refractivity contribution >= 4 is 40.9 Å². The average molecular weight is 429 g/mol. The summed E-state index contributed by atoms with van der Waals surface area (Å²) in [5.74, 6) is 2.46. The van der Waals surface area contributed by atoms with Gasteiger partial charge in [0.1, 0.15) is 18.2 Å². The third kappa shape index (κ3) is 5.93. The predicted molar refractivity (Wildman–Crippen MR) is 115 cm³/mol. The van der Waals surface area contributed by atoms with Crippen molar-refractivity contribution in [2.75, 3.05) is 18.5 Å². The summed E-state index contributed by atoms with van der Waals surface area (Å²) in [6.45, 7) is 4.06. The lowest BCUT2D eigenvalue weighted by Gasteiger charge is -2.13. The van der Waals surface area contributed by atoms with Gasteiger partial charge in [0, 0.05) is 10.7 Å². The molecule has 0 aromatic heterocycles. The Labute approximate surface area is 179 Å². The SMILES string of the molecule is C#CCOc1c(Cl)cc(/C=C(/C#N)C(=O)Nc2ccc(C)c(Cl)c2)cc1OCC. The minimum atomic E-state index is -0.575. The largest absolute Gasteiger partial charge is 0.490 e. The summed E-state index contributed by atoms with van der Waals surface area (Å²) in [4.78, 5) is 12.5. The Hall–Kier alpha value is -3.12. The molecule has 2 aromatic rings. The maximum atomic E-state index is 12.5. The number of benzene rings is 2. The van der Waals surface area contributed by atoms with E-state index in [-0.39, 0.29) is 17.2 Å². The van der Waals surface area contributed by atoms with E-state index in [1.165, 1.54) is 6.08 Å². The van der Waals surface area contributed by atoms with Crippen LogP contribution in [0.2, 0.25) is 10.0 Å². The first kappa shape index (κ1) is 22.2. The zero-order valence-electron chi connectivity index (χ0n) is 15.9. The predicted octanol–water partition coefficient (Wildman–Crippen LogP) is 5.26. The van der Waals surface area contributed by atoms with E-state index in [1.807, 2.05) is 19.9 Å². The van der Waals surface area contributed by atoms with Gasteiger partial charge in [-0.3, -0.25) is 4.79 Å². The molecule has 0 saturated carbocycles. The smallest absolute Gasteiger partial charge is 0.266 e. The standard InChI is InChI=1S/C22H18Cl2N2O3/c1-4-8-29-21-19(24)10-15(11-20(21)28-5-2)9-16(13-25)22(27)26-17-7-6-14(3)18(23)12-17/h1,6-7,9-12H,5,8H2,2-3H3,(H,26,27)/b16-9-. The second kappa shape index (κ2) is 10.4. The Kier molecular flexibility index (Phi) is 7.98. The first-order chi connectivity index (χ1) is 13.9. The van der Waals surface area contributed by atoms with Gasteiger partial charge in [-0.25, -0.2) is 0 Å². The average Bonchev–Trinajstić information content (AvgIpc) is 2.68. The minimum Gasteiger partial charge on any atom is -0.490 e. The zero-order chi connectivity index (χ0) is 21.4. The summed E-state index contributed by atoms with van der Waals surface area (Å²) in [6, 6.07) is 10.2. The summed E-state index contributed by atoms with van der Waals surface area (Å²) >= 11 is 12.3. The van der Waals surface area contributed by atoms with Gasteiger partial charge < -0.3 is 14.8 Å². The van der Waals surface area contributed by atoms with Crippen LogP contribution < -0.4 is 14.8 Å². The molecule has 0 aliphatic rings. The number of terminal acetylenes is 1. The van der Waals surface area contributed by atoms with Crippen LogP contribution in [0.3, 0.4) is 0 Å². The Bertz CT molecular complexity index is 1030. The van der Waals surface area contributed by atoms with E-state index in [1.54, 1.807) is 30.3 Å². The number of amides is 1. The van der Waals surface area contributed by atoms with Gasteiger partial charge in [-0.1, -0.05) is 35.2 Å². The number of ether oxygens (including phenoxy) is 2. The molecule has 0 aliphatic heterocycles. The van der Waals surface area contributed by atoms with Crippen molar-refractivity contribution in [3.05, 3.63) is 57.1 Å². The molecule has 29 heavy (non-hydrogen) atoms. The molecule has 0 heterocycles. The fourth-order valence-corrected chi connectivity index (χ4v) is 2.83. The Balaban J connectivity index is 2.33. The second-order valence-corrected chi connectivity index (χ2v) is 6.66. The van der Waals surface area contributed by atoms with Gasteiger partial charge in [0.2, 0.25) is 0 Å². The van der Waals surface area contributed by atoms with Gasteiger partial charge in [-0.2, -0.15) is 5.26 Å². The lowest BCUT2D eigenvalue weighted by atomic mass is 10.1. The van der Waals surface area contributed by atoms with Crippen molar-refractivity contribution in [3.8, 4) is 29.9 Å². The first-order valence-electron chi connectivity index (χ1n) is 8.61. The van der Waals surface area contributed by atoms with Crippen molar-refractivity contribution in [1.82, 2.24) is 0 Å². The number of hydrogen-bond acceptors (Lipinski definition) is 4. The number of nitrogens with one attached hydrogen (secondary N) is 1. The Morgan fingerprint density at radius 2 is 2.00 bits per heavy atom. The summed E-state index contributed by atoms with van der Waals surface area (Å²) in [7, 11) is 0. The molecule has 0 atom stereocenters. The van der Waals surface area contributed by atoms with Crippen molar-refractivity contribution < 1.29 is 14.3 Å². The van der Waals surface area contributed by atoms with Gasteiger partial charge in [-0.15, -0.1) is 6.42 Å². The topological polar surface area (TPSA) is 71.3 Å². The third-order valence-electron chi connectivity index (χ3n) is 3.74. The lowest BCUT2D eigenvalue weighted by Crippen LogP contribution is -2.13. The molecule has 0 fully saturated rings. The highest BCUT2D eigenvalue weighted by molar-refractivity contribution is 6.32. The number of aryl methyl sites for hydroxylation is 1. The van der Waals surface area contributed by atoms with E-state index in [0.29, 0.717) is 34.4 Å². The third-order valence-corrected chi connectivity index (χ3v) is 4.43. The first-order valence-corrected chi connectivity index (χ1v) is 9.37. The molecule has 0 bridgehead atoms. The second-order valence-electron chi connectivity index (χ2n) is 5.84. The van der Waals surface area contributed by atoms with Gasteiger partial charge in [0.15, 0.2) is 11.5 Å². The molecule has 0 aliphatic carbocycles. The van der Waals surface area contributed by atoms with Gasteiger partial charge in [-0.05, 0) is 55.3 Å². The number of anilines is 1. The van der Waals surface area contributed by atoms with Crippen LogP contribution in [0.15, 0.2) is 35.9 Å². The number of nitrogens with zero attached hydrogens (tertiary/aromatic N) is 1. The molecule has 7 heteroatoms. The molecular weight excluding hydrogens is 411 g/mol. The number of nitriles is 1. The van der Waals surface area contributed by atoms with E-state index in [4.69, 9.17) is 39.1 Å². The number of carbonyl (C=O) groups excluding carboxylic acids is 1. The molecule has 5 nitrogen and oxygen atoms in total. The fraction of sp³-hybridized carbons (Fsp3) is 0.182. The normalized spacial score (nSPS) is 10.6. The Morgan fingerprint density at radius 1 is 1.24 bits per heavy atom. The Morgan fingerprint density at radius 3 is 2.62 bits per heavy atom. The van der Waals surface area contributed by atoms with Crippen LogP contribution in [0.5, 0.6) is 11.5 Å². The van der Waals surface area contributed by atoms with Gasteiger partial charge in [0.05, 0.1) is 11.6 Å². The number of halogens is 2. The van der Waals surface area contributed by atoms with Crippen molar-refractivity contribution in [3.63, 3.8) is 0 Å². The van der Waals surface area contributed by atoms with Crippen LogP contribution in [0.25, 0.3) is 6.08 Å². The van der Waals surface area contributed by atoms with E-state index < -0.39 is 5.91 Å². The number of hydrogen-bond donors (Lipinski definition) is 1. The molecule has 2 aromatic carbocycles. The summed E-state index contributed by atoms with van der Waals surface area (Å²) in [5, 5.41) is 12.8.